The summed E-state index contributed by atoms with van der Waals surface area (Å²) in [6.07, 6.45) is 3.08. The lowest BCUT2D eigenvalue weighted by molar-refractivity contribution is -0.138. The van der Waals surface area contributed by atoms with Crippen LogP contribution in [0.1, 0.15) is 88.5 Å². The third-order valence-corrected chi connectivity index (χ3v) is 4.49. The molecule has 2 unspecified atom stereocenters. The second-order valence-electron chi connectivity index (χ2n) is 9.21. The summed E-state index contributed by atoms with van der Waals surface area (Å²) >= 11 is 0. The van der Waals surface area contributed by atoms with Crippen LogP contribution in [0.25, 0.3) is 0 Å². The third kappa shape index (κ3) is 31.5. The summed E-state index contributed by atoms with van der Waals surface area (Å²) in [7, 11) is 3.38. The molecule has 1 fully saturated rings. The van der Waals surface area contributed by atoms with Gasteiger partial charge in [-0.3, -0.25) is 19.3 Å². The summed E-state index contributed by atoms with van der Waals surface area (Å²) in [6, 6.07) is -0.964. The van der Waals surface area contributed by atoms with Crippen LogP contribution in [-0.4, -0.2) is 87.1 Å². The summed E-state index contributed by atoms with van der Waals surface area (Å²) in [5, 5.41) is 9.79. The van der Waals surface area contributed by atoms with Crippen molar-refractivity contribution < 1.29 is 32.8 Å². The maximum absolute atomic E-state index is 11.7. The van der Waals surface area contributed by atoms with Gasteiger partial charge in [0.15, 0.2) is 0 Å². The third-order valence-electron chi connectivity index (χ3n) is 4.49. The number of nitrogens with one attached hydrogen (secondary N) is 4. The number of ketones is 1. The molecule has 2 atom stereocenters. The lowest BCUT2D eigenvalue weighted by Crippen LogP contribution is -2.48. The van der Waals surface area contributed by atoms with Crippen molar-refractivity contribution in [1.82, 2.24) is 26.2 Å². The van der Waals surface area contributed by atoms with Crippen LogP contribution < -0.4 is 21.3 Å². The molecule has 1 heterocycles. The Bertz CT molecular complexity index is 699. The zero-order valence-corrected chi connectivity index (χ0v) is 27.6. The summed E-state index contributed by atoms with van der Waals surface area (Å²) in [6.45, 7) is 23.0. The lowest BCUT2D eigenvalue weighted by Gasteiger charge is -2.26. The number of Topliss-reactive ketones (excluding diaryl/α,β-unsaturated/α-hetero) is 1. The quantitative estimate of drug-likeness (QED) is 0.187. The molecule has 0 aromatic rings. The standard InChI is InChI=1S/C12H19N3O3.C8H16N2O2.C3H8.C2H4F2.2C2H6/c1-3-6-13-12(18)10(16)8-14-11(17)9-5-4-7-15(9)2;1-8(2,3)6(5-11)10-7(12)9-4;1-3-2;1-2(3)4;2*1-2/h3,9H,1,4-8H2,2H3,(H,13,18)(H,14,17);5-6H,1-4H3,(H2,9,10,12);3H2,1-2H3;2H,1H3;2*1-2H3. The minimum atomic E-state index is -2.17. The normalized spacial score (nSPS) is 14.0. The fourth-order valence-electron chi connectivity index (χ4n) is 2.54. The molecule has 0 aromatic carbocycles. The topological polar surface area (TPSA) is 137 Å². The van der Waals surface area contributed by atoms with Crippen LogP contribution in [-0.2, 0) is 19.2 Å². The van der Waals surface area contributed by atoms with Crippen molar-refractivity contribution in [2.45, 2.75) is 107 Å². The predicted octanol–water partition coefficient (Wildman–Crippen LogP) is 4.34. The van der Waals surface area contributed by atoms with E-state index in [2.05, 4.69) is 41.7 Å². The first-order chi connectivity index (χ1) is 19.1. The van der Waals surface area contributed by atoms with E-state index in [1.807, 2.05) is 60.4 Å². The van der Waals surface area contributed by atoms with Gasteiger partial charge in [-0.15, -0.1) is 6.58 Å². The number of alkyl halides is 2. The number of likely N-dealkylation sites (tertiary alicyclic amines) is 1. The summed E-state index contributed by atoms with van der Waals surface area (Å²) in [4.78, 5) is 57.7. The van der Waals surface area contributed by atoms with Crippen LogP contribution >= 0.6 is 0 Å². The molecule has 0 saturated carbocycles. The van der Waals surface area contributed by atoms with Gasteiger partial charge < -0.3 is 26.1 Å². The van der Waals surface area contributed by atoms with Crippen molar-refractivity contribution in [3.05, 3.63) is 12.7 Å². The number of rotatable bonds is 8. The number of carbonyl (C=O) groups excluding carboxylic acids is 5. The van der Waals surface area contributed by atoms with Crippen LogP contribution in [0, 0.1) is 5.41 Å². The molecule has 0 spiro atoms. The molecule has 0 aliphatic carbocycles. The minimum Gasteiger partial charge on any atom is -0.347 e. The van der Waals surface area contributed by atoms with E-state index in [9.17, 15) is 32.8 Å². The smallest absolute Gasteiger partial charge is 0.315 e. The molecule has 1 aliphatic heterocycles. The molecule has 4 N–H and O–H groups in total. The molecule has 1 saturated heterocycles. The van der Waals surface area contributed by atoms with Crippen molar-refractivity contribution in [3.8, 4) is 0 Å². The second-order valence-corrected chi connectivity index (χ2v) is 9.21. The first-order valence-corrected chi connectivity index (χ1v) is 14.2. The Kier molecular flexibility index (Phi) is 36.9. The van der Waals surface area contributed by atoms with E-state index in [-0.39, 0.29) is 36.5 Å². The van der Waals surface area contributed by atoms with Crippen LogP contribution in [0.5, 0.6) is 0 Å². The van der Waals surface area contributed by atoms with E-state index in [1.165, 1.54) is 19.5 Å². The van der Waals surface area contributed by atoms with Gasteiger partial charge in [-0.1, -0.05) is 74.8 Å². The van der Waals surface area contributed by atoms with Gasteiger partial charge in [0, 0.05) is 13.6 Å². The van der Waals surface area contributed by atoms with Gasteiger partial charge in [-0.2, -0.15) is 0 Å². The van der Waals surface area contributed by atoms with Gasteiger partial charge in [0.25, 0.3) is 5.91 Å². The molecule has 10 nitrogen and oxygen atoms in total. The minimum absolute atomic E-state index is 0.186. The molecular weight excluding hydrogens is 536 g/mol. The first-order valence-electron chi connectivity index (χ1n) is 14.2. The highest BCUT2D eigenvalue weighted by Gasteiger charge is 2.28. The summed E-state index contributed by atoms with van der Waals surface area (Å²) < 4.78 is 20.7. The fraction of sp³-hybridized carbons (Fsp3) is 0.759. The van der Waals surface area contributed by atoms with E-state index < -0.39 is 24.2 Å². The molecule has 0 radical (unpaired) electrons. The van der Waals surface area contributed by atoms with Crippen molar-refractivity contribution in [2.24, 2.45) is 5.41 Å². The molecule has 244 valence electrons. The Labute approximate surface area is 247 Å². The van der Waals surface area contributed by atoms with E-state index in [1.54, 1.807) is 0 Å². The first kappa shape index (κ1) is 47.9. The van der Waals surface area contributed by atoms with Gasteiger partial charge in [-0.25, -0.2) is 13.6 Å². The summed E-state index contributed by atoms with van der Waals surface area (Å²) in [5.74, 6) is -1.54. The molecule has 12 heteroatoms. The number of likely N-dealkylation sites (N-methyl/N-ethyl adjacent to an activating group) is 1. The molecule has 1 rings (SSSR count). The molecule has 41 heavy (non-hydrogen) atoms. The van der Waals surface area contributed by atoms with Crippen LogP contribution in [0.4, 0.5) is 13.6 Å². The van der Waals surface area contributed by atoms with E-state index >= 15 is 0 Å². The molecular formula is C29H59F2N5O5. The van der Waals surface area contributed by atoms with Gasteiger partial charge in [0.2, 0.25) is 18.1 Å². The van der Waals surface area contributed by atoms with Crippen molar-refractivity contribution in [2.75, 3.05) is 33.7 Å². The Hall–Kier alpha value is -2.89. The monoisotopic (exact) mass is 595 g/mol. The fourth-order valence-corrected chi connectivity index (χ4v) is 2.54. The predicted molar refractivity (Wildman–Crippen MR) is 164 cm³/mol. The van der Waals surface area contributed by atoms with Crippen LogP contribution in [0.15, 0.2) is 12.7 Å². The second kappa shape index (κ2) is 31.6. The number of carbonyl (C=O) groups is 5. The lowest BCUT2D eigenvalue weighted by atomic mass is 9.88. The summed E-state index contributed by atoms with van der Waals surface area (Å²) in [5.41, 5.74) is -0.242. The molecule has 0 aromatic heterocycles. The Morgan fingerprint density at radius 1 is 1.05 bits per heavy atom. The van der Waals surface area contributed by atoms with Crippen LogP contribution in [0.3, 0.4) is 0 Å². The zero-order valence-electron chi connectivity index (χ0n) is 27.6. The van der Waals surface area contributed by atoms with Gasteiger partial charge >= 0.3 is 6.03 Å². The number of urea groups is 1. The van der Waals surface area contributed by atoms with Gasteiger partial charge in [0.1, 0.15) is 6.29 Å². The average molecular weight is 596 g/mol. The Morgan fingerprint density at radius 2 is 1.51 bits per heavy atom. The van der Waals surface area contributed by atoms with Crippen molar-refractivity contribution >= 4 is 29.9 Å². The van der Waals surface area contributed by atoms with Crippen molar-refractivity contribution in [1.29, 1.82) is 0 Å². The largest absolute Gasteiger partial charge is 0.347 e. The highest BCUT2D eigenvalue weighted by atomic mass is 19.3. The number of hydrogen-bond donors (Lipinski definition) is 4. The SMILES string of the molecule is C=CCNC(=O)C(=O)CNC(=O)C1CCCN1C.CC.CC.CC(F)F.CCC.CNC(=O)NC(C=O)C(C)(C)C. The molecule has 4 amide bonds. The van der Waals surface area contributed by atoms with Gasteiger partial charge in [0.05, 0.1) is 18.6 Å². The molecule has 0 bridgehead atoms. The van der Waals surface area contributed by atoms with E-state index in [4.69, 9.17) is 0 Å². The van der Waals surface area contributed by atoms with Gasteiger partial charge in [-0.05, 0) is 38.8 Å². The molecule has 1 aliphatic rings. The maximum Gasteiger partial charge on any atom is 0.315 e. The van der Waals surface area contributed by atoms with E-state index in [0.717, 1.165) is 32.6 Å². The van der Waals surface area contributed by atoms with Crippen LogP contribution in [0.2, 0.25) is 0 Å². The van der Waals surface area contributed by atoms with E-state index in [0.29, 0.717) is 0 Å². The highest BCUT2D eigenvalue weighted by Crippen LogP contribution is 2.17. The number of aldehydes is 1. The van der Waals surface area contributed by atoms with Crippen molar-refractivity contribution in [3.63, 3.8) is 0 Å². The number of halogens is 2. The zero-order chi connectivity index (χ0) is 33.6. The highest BCUT2D eigenvalue weighted by molar-refractivity contribution is 6.37. The Morgan fingerprint density at radius 3 is 1.83 bits per heavy atom. The Balaban J connectivity index is -0.000000162. The number of hydrogen-bond acceptors (Lipinski definition) is 6. The number of amides is 4. The maximum atomic E-state index is 11.7. The number of nitrogens with zero attached hydrogens (tertiary/aromatic N) is 1. The average Bonchev–Trinajstić information content (AvgIpc) is 3.36.